The van der Waals surface area contributed by atoms with Gasteiger partial charge in [-0.15, -0.1) is 17.0 Å². The minimum atomic E-state index is -0.488. The lowest BCUT2D eigenvalue weighted by Crippen LogP contribution is -2.58. The first-order chi connectivity index (χ1) is 16.4. The first kappa shape index (κ1) is 28.5. The second-order valence-electron chi connectivity index (χ2n) is 9.22. The number of anilines is 1. The molecule has 0 aromatic heterocycles. The van der Waals surface area contributed by atoms with Crippen molar-refractivity contribution in [2.24, 2.45) is 5.92 Å². The first-order valence-electron chi connectivity index (χ1n) is 12.0. The fourth-order valence-corrected chi connectivity index (χ4v) is 4.84. The third-order valence-electron chi connectivity index (χ3n) is 6.50. The SMILES string of the molecule is Br.CCCNC(=O)C1CCC[N+](CC(=O)Nc2c(C)cccc2C(=O)OC)(Cc2ccccc2)C1. The maximum Gasteiger partial charge on any atom is 0.339 e. The number of amides is 2. The Hall–Kier alpha value is -2.71. The number of benzene rings is 2. The Labute approximate surface area is 218 Å². The number of nitrogens with one attached hydrogen (secondary N) is 2. The molecule has 2 unspecified atom stereocenters. The van der Waals surface area contributed by atoms with E-state index >= 15 is 0 Å². The third-order valence-corrected chi connectivity index (χ3v) is 6.50. The van der Waals surface area contributed by atoms with Crippen LogP contribution in [0.5, 0.6) is 0 Å². The number of methoxy groups -OCH3 is 1. The largest absolute Gasteiger partial charge is 0.465 e. The number of esters is 1. The van der Waals surface area contributed by atoms with Crippen molar-refractivity contribution in [1.82, 2.24) is 5.32 Å². The monoisotopic (exact) mass is 546 g/mol. The molecule has 2 N–H and O–H groups in total. The number of piperidine rings is 1. The summed E-state index contributed by atoms with van der Waals surface area (Å²) in [6, 6.07) is 15.4. The molecule has 3 rings (SSSR count). The Kier molecular flexibility index (Phi) is 10.9. The molecule has 0 saturated carbocycles. The number of hydrogen-bond acceptors (Lipinski definition) is 4. The topological polar surface area (TPSA) is 84.5 Å². The van der Waals surface area contributed by atoms with E-state index in [1.807, 2.05) is 38.1 Å². The number of carbonyl (C=O) groups excluding carboxylic acids is 3. The van der Waals surface area contributed by atoms with Crippen LogP contribution in [0.4, 0.5) is 5.69 Å². The molecular formula is C27H37BrN3O4+. The van der Waals surface area contributed by atoms with Gasteiger partial charge in [-0.05, 0) is 37.8 Å². The van der Waals surface area contributed by atoms with Gasteiger partial charge in [0.15, 0.2) is 6.54 Å². The number of halogens is 1. The highest BCUT2D eigenvalue weighted by Crippen LogP contribution is 2.28. The molecule has 1 saturated heterocycles. The number of hydrogen-bond donors (Lipinski definition) is 2. The number of carbonyl (C=O) groups is 3. The Bertz CT molecular complexity index is 1010. The molecular weight excluding hydrogens is 510 g/mol. The van der Waals surface area contributed by atoms with Crippen LogP contribution in [-0.4, -0.2) is 55.6 Å². The van der Waals surface area contributed by atoms with E-state index in [0.29, 0.717) is 35.4 Å². The second kappa shape index (κ2) is 13.4. The number of nitrogens with zero attached hydrogens (tertiary/aromatic N) is 1. The van der Waals surface area contributed by atoms with Crippen molar-refractivity contribution in [3.05, 3.63) is 65.2 Å². The van der Waals surface area contributed by atoms with E-state index < -0.39 is 5.97 Å². The molecule has 190 valence electrons. The zero-order valence-corrected chi connectivity index (χ0v) is 22.6. The van der Waals surface area contributed by atoms with Gasteiger partial charge in [0.1, 0.15) is 6.54 Å². The molecule has 0 aliphatic carbocycles. The van der Waals surface area contributed by atoms with Gasteiger partial charge in [-0.1, -0.05) is 49.4 Å². The Morgan fingerprint density at radius 1 is 1.09 bits per heavy atom. The van der Waals surface area contributed by atoms with Crippen molar-refractivity contribution in [2.45, 2.75) is 39.7 Å². The van der Waals surface area contributed by atoms with Crippen LogP contribution in [-0.2, 0) is 20.9 Å². The summed E-state index contributed by atoms with van der Waals surface area (Å²) in [4.78, 5) is 38.4. The van der Waals surface area contributed by atoms with E-state index in [-0.39, 0.29) is 41.3 Å². The summed E-state index contributed by atoms with van der Waals surface area (Å²) < 4.78 is 5.40. The van der Waals surface area contributed by atoms with Crippen LogP contribution in [0, 0.1) is 12.8 Å². The highest BCUT2D eigenvalue weighted by Gasteiger charge is 2.40. The van der Waals surface area contributed by atoms with Crippen LogP contribution in [0.25, 0.3) is 0 Å². The molecule has 8 heteroatoms. The summed E-state index contributed by atoms with van der Waals surface area (Å²) in [5.41, 5.74) is 2.74. The second-order valence-corrected chi connectivity index (χ2v) is 9.22. The van der Waals surface area contributed by atoms with Crippen molar-refractivity contribution in [1.29, 1.82) is 0 Å². The zero-order valence-electron chi connectivity index (χ0n) is 20.8. The summed E-state index contributed by atoms with van der Waals surface area (Å²) in [7, 11) is 1.33. The first-order valence-corrected chi connectivity index (χ1v) is 12.0. The summed E-state index contributed by atoms with van der Waals surface area (Å²) in [5, 5.41) is 6.00. The van der Waals surface area contributed by atoms with Gasteiger partial charge in [-0.25, -0.2) is 4.79 Å². The number of likely N-dealkylation sites (tertiary alicyclic amines) is 1. The predicted octanol–water partition coefficient (Wildman–Crippen LogP) is 4.25. The third kappa shape index (κ3) is 7.64. The highest BCUT2D eigenvalue weighted by atomic mass is 79.9. The van der Waals surface area contributed by atoms with E-state index in [4.69, 9.17) is 4.74 Å². The van der Waals surface area contributed by atoms with E-state index in [1.54, 1.807) is 12.1 Å². The average molecular weight is 548 g/mol. The van der Waals surface area contributed by atoms with Crippen LogP contribution in [0.2, 0.25) is 0 Å². The minimum Gasteiger partial charge on any atom is -0.465 e. The zero-order chi connectivity index (χ0) is 24.6. The number of para-hydroxylation sites is 1. The molecule has 0 radical (unpaired) electrons. The molecule has 0 spiro atoms. The van der Waals surface area contributed by atoms with Gasteiger partial charge >= 0.3 is 5.97 Å². The van der Waals surface area contributed by atoms with Crippen molar-refractivity contribution < 1.29 is 23.6 Å². The van der Waals surface area contributed by atoms with Crippen LogP contribution in [0.1, 0.15) is 47.7 Å². The summed E-state index contributed by atoms with van der Waals surface area (Å²) in [6.07, 6.45) is 2.60. The van der Waals surface area contributed by atoms with E-state index in [1.165, 1.54) is 7.11 Å². The summed E-state index contributed by atoms with van der Waals surface area (Å²) in [5.74, 6) is -0.715. The van der Waals surface area contributed by atoms with Crippen LogP contribution in [0.3, 0.4) is 0 Å². The quantitative estimate of drug-likeness (QED) is 0.363. The molecule has 2 atom stereocenters. The maximum absolute atomic E-state index is 13.4. The number of aryl methyl sites for hydroxylation is 1. The minimum absolute atomic E-state index is 0. The van der Waals surface area contributed by atoms with E-state index in [9.17, 15) is 14.4 Å². The number of rotatable bonds is 9. The van der Waals surface area contributed by atoms with Gasteiger partial charge in [-0.2, -0.15) is 0 Å². The molecule has 35 heavy (non-hydrogen) atoms. The Balaban J connectivity index is 0.00000432. The lowest BCUT2D eigenvalue weighted by Gasteiger charge is -2.43. The highest BCUT2D eigenvalue weighted by molar-refractivity contribution is 8.93. The van der Waals surface area contributed by atoms with E-state index in [2.05, 4.69) is 22.8 Å². The van der Waals surface area contributed by atoms with Crippen molar-refractivity contribution in [3.63, 3.8) is 0 Å². The van der Waals surface area contributed by atoms with Crippen molar-refractivity contribution >= 4 is 40.5 Å². The molecule has 1 aliphatic rings. The van der Waals surface area contributed by atoms with Gasteiger partial charge in [0.25, 0.3) is 5.91 Å². The number of ether oxygens (including phenoxy) is 1. The fraction of sp³-hybridized carbons (Fsp3) is 0.444. The predicted molar refractivity (Wildman–Crippen MR) is 143 cm³/mol. The van der Waals surface area contributed by atoms with Crippen LogP contribution < -0.4 is 10.6 Å². The molecule has 1 fully saturated rings. The molecule has 7 nitrogen and oxygen atoms in total. The lowest BCUT2D eigenvalue weighted by molar-refractivity contribution is -0.940. The maximum atomic E-state index is 13.4. The smallest absolute Gasteiger partial charge is 0.339 e. The Morgan fingerprint density at radius 3 is 2.51 bits per heavy atom. The normalized spacial score (nSPS) is 19.2. The molecule has 2 aromatic carbocycles. The van der Waals surface area contributed by atoms with Gasteiger partial charge in [0.05, 0.1) is 37.4 Å². The number of quaternary nitrogens is 1. The van der Waals surface area contributed by atoms with E-state index in [0.717, 1.165) is 36.9 Å². The van der Waals surface area contributed by atoms with Crippen molar-refractivity contribution in [3.8, 4) is 0 Å². The van der Waals surface area contributed by atoms with Gasteiger partial charge in [0.2, 0.25) is 5.91 Å². The summed E-state index contributed by atoms with van der Waals surface area (Å²) >= 11 is 0. The van der Waals surface area contributed by atoms with Gasteiger partial charge in [-0.3, -0.25) is 9.59 Å². The fourth-order valence-electron chi connectivity index (χ4n) is 4.84. The van der Waals surface area contributed by atoms with Crippen LogP contribution in [0.15, 0.2) is 48.5 Å². The Morgan fingerprint density at radius 2 is 1.83 bits per heavy atom. The van der Waals surface area contributed by atoms with Crippen LogP contribution >= 0.6 is 17.0 Å². The molecule has 0 bridgehead atoms. The van der Waals surface area contributed by atoms with Gasteiger partial charge in [0, 0.05) is 12.1 Å². The molecule has 2 aromatic rings. The molecule has 1 aliphatic heterocycles. The standard InChI is InChI=1S/C27H35N3O4.BrH/c1-4-15-28-26(32)22-13-9-16-30(18-22,17-21-11-6-5-7-12-21)19-24(31)29-25-20(2)10-8-14-23(25)27(33)34-3;/h5-8,10-12,14,22H,4,9,13,15-19H2,1-3H3,(H-,28,29,31,32,33);1H/p+1. The van der Waals surface area contributed by atoms with Gasteiger partial charge < -0.3 is 19.9 Å². The molecule has 2 amide bonds. The summed E-state index contributed by atoms with van der Waals surface area (Å²) in [6.45, 7) is 6.87. The molecule has 1 heterocycles. The van der Waals surface area contributed by atoms with Crippen molar-refractivity contribution in [2.75, 3.05) is 38.6 Å². The average Bonchev–Trinajstić information content (AvgIpc) is 2.83. The lowest BCUT2D eigenvalue weighted by atomic mass is 9.93.